The smallest absolute Gasteiger partial charge is 0.317 e. The average molecular weight is 310 g/mol. The van der Waals surface area contributed by atoms with Gasteiger partial charge in [-0.25, -0.2) is 9.18 Å². The van der Waals surface area contributed by atoms with E-state index in [4.69, 9.17) is 4.74 Å². The molecule has 0 aromatic heterocycles. The molecule has 0 radical (unpaired) electrons. The Hall–Kier alpha value is -1.82. The van der Waals surface area contributed by atoms with Crippen LogP contribution in [0.2, 0.25) is 0 Å². The zero-order valence-corrected chi connectivity index (χ0v) is 13.1. The van der Waals surface area contributed by atoms with E-state index in [2.05, 4.69) is 5.32 Å². The summed E-state index contributed by atoms with van der Waals surface area (Å²) in [7, 11) is 1.47. The number of aliphatic hydroxyl groups excluding tert-OH is 1. The Morgan fingerprint density at radius 3 is 2.95 bits per heavy atom. The van der Waals surface area contributed by atoms with E-state index < -0.39 is 5.82 Å². The Bertz CT molecular complexity index is 538. The third kappa shape index (κ3) is 4.10. The van der Waals surface area contributed by atoms with E-state index in [0.29, 0.717) is 24.4 Å². The number of hydrogen-bond donors (Lipinski definition) is 2. The van der Waals surface area contributed by atoms with E-state index in [-0.39, 0.29) is 24.6 Å². The van der Waals surface area contributed by atoms with Crippen molar-refractivity contribution in [3.63, 3.8) is 0 Å². The monoisotopic (exact) mass is 310 g/mol. The van der Waals surface area contributed by atoms with Crippen molar-refractivity contribution >= 4 is 6.03 Å². The van der Waals surface area contributed by atoms with E-state index in [1.807, 2.05) is 6.92 Å². The standard InChI is InChI=1S/C16H23FN2O3/c1-16(11-20)4-3-5-19(10-16)15(21)18-9-12-6-13(17)8-14(7-12)22-2/h6-8,20H,3-5,9-11H2,1-2H3,(H,18,21). The molecule has 5 nitrogen and oxygen atoms in total. The molecule has 2 rings (SSSR count). The number of urea groups is 1. The van der Waals surface area contributed by atoms with Gasteiger partial charge in [-0.2, -0.15) is 0 Å². The lowest BCUT2D eigenvalue weighted by molar-refractivity contribution is 0.0614. The molecule has 0 aliphatic carbocycles. The van der Waals surface area contributed by atoms with Crippen molar-refractivity contribution in [2.24, 2.45) is 5.41 Å². The van der Waals surface area contributed by atoms with Gasteiger partial charge in [0.2, 0.25) is 0 Å². The third-order valence-corrected chi connectivity index (χ3v) is 4.06. The van der Waals surface area contributed by atoms with Crippen LogP contribution in [0.5, 0.6) is 5.75 Å². The topological polar surface area (TPSA) is 61.8 Å². The van der Waals surface area contributed by atoms with E-state index in [9.17, 15) is 14.3 Å². The molecular formula is C16H23FN2O3. The van der Waals surface area contributed by atoms with Gasteiger partial charge in [0.1, 0.15) is 11.6 Å². The number of carbonyl (C=O) groups is 1. The highest BCUT2D eigenvalue weighted by Gasteiger charge is 2.32. The number of carbonyl (C=O) groups excluding carboxylic acids is 1. The quantitative estimate of drug-likeness (QED) is 0.895. The summed E-state index contributed by atoms with van der Waals surface area (Å²) in [5.74, 6) is 0.0319. The molecule has 1 aromatic carbocycles. The van der Waals surface area contributed by atoms with Gasteiger partial charge in [0.15, 0.2) is 0 Å². The van der Waals surface area contributed by atoms with Gasteiger partial charge in [-0.05, 0) is 30.5 Å². The van der Waals surface area contributed by atoms with Crippen LogP contribution >= 0.6 is 0 Å². The number of ether oxygens (including phenoxy) is 1. The predicted octanol–water partition coefficient (Wildman–Crippen LogP) is 2.14. The van der Waals surface area contributed by atoms with Gasteiger partial charge in [0.25, 0.3) is 0 Å². The molecule has 1 aliphatic rings. The van der Waals surface area contributed by atoms with Gasteiger partial charge >= 0.3 is 6.03 Å². The summed E-state index contributed by atoms with van der Waals surface area (Å²) < 4.78 is 18.4. The zero-order chi connectivity index (χ0) is 16.2. The lowest BCUT2D eigenvalue weighted by Crippen LogP contribution is -2.49. The fraction of sp³-hybridized carbons (Fsp3) is 0.562. The summed E-state index contributed by atoms with van der Waals surface area (Å²) in [5, 5.41) is 12.2. The van der Waals surface area contributed by atoms with Crippen LogP contribution in [0.4, 0.5) is 9.18 Å². The van der Waals surface area contributed by atoms with Gasteiger partial charge in [0, 0.05) is 31.1 Å². The number of likely N-dealkylation sites (tertiary alicyclic amines) is 1. The SMILES string of the molecule is COc1cc(F)cc(CNC(=O)N2CCCC(C)(CO)C2)c1. The van der Waals surface area contributed by atoms with Crippen LogP contribution < -0.4 is 10.1 Å². The summed E-state index contributed by atoms with van der Waals surface area (Å²) >= 11 is 0. The molecule has 1 unspecified atom stereocenters. The molecule has 0 saturated carbocycles. The minimum absolute atomic E-state index is 0.0673. The highest BCUT2D eigenvalue weighted by atomic mass is 19.1. The van der Waals surface area contributed by atoms with Crippen LogP contribution in [0.25, 0.3) is 0 Å². The second-order valence-electron chi connectivity index (χ2n) is 6.15. The average Bonchev–Trinajstić information content (AvgIpc) is 2.52. The fourth-order valence-corrected chi connectivity index (χ4v) is 2.75. The Morgan fingerprint density at radius 2 is 2.27 bits per heavy atom. The number of amides is 2. The van der Waals surface area contributed by atoms with E-state index in [1.165, 1.54) is 19.2 Å². The first kappa shape index (κ1) is 16.5. The van der Waals surface area contributed by atoms with Crippen LogP contribution in [0.1, 0.15) is 25.3 Å². The van der Waals surface area contributed by atoms with Crippen molar-refractivity contribution < 1.29 is 19.0 Å². The second-order valence-corrected chi connectivity index (χ2v) is 6.15. The lowest BCUT2D eigenvalue weighted by atomic mass is 9.83. The normalized spacial score (nSPS) is 21.5. The fourth-order valence-electron chi connectivity index (χ4n) is 2.75. The predicted molar refractivity (Wildman–Crippen MR) is 81.2 cm³/mol. The van der Waals surface area contributed by atoms with Crippen LogP contribution in [0.15, 0.2) is 18.2 Å². The number of halogens is 1. The van der Waals surface area contributed by atoms with Crippen LogP contribution in [0, 0.1) is 11.2 Å². The maximum atomic E-state index is 13.4. The number of nitrogens with zero attached hydrogens (tertiary/aromatic N) is 1. The van der Waals surface area contributed by atoms with Crippen molar-refractivity contribution in [3.8, 4) is 5.75 Å². The Morgan fingerprint density at radius 1 is 1.50 bits per heavy atom. The molecule has 6 heteroatoms. The number of hydrogen-bond acceptors (Lipinski definition) is 3. The van der Waals surface area contributed by atoms with E-state index in [0.717, 1.165) is 12.8 Å². The first-order valence-corrected chi connectivity index (χ1v) is 7.43. The van der Waals surface area contributed by atoms with E-state index >= 15 is 0 Å². The molecule has 1 saturated heterocycles. The first-order valence-electron chi connectivity index (χ1n) is 7.43. The number of methoxy groups -OCH3 is 1. The van der Waals surface area contributed by atoms with Gasteiger partial charge in [-0.3, -0.25) is 0 Å². The molecule has 1 atom stereocenters. The molecule has 122 valence electrons. The van der Waals surface area contributed by atoms with Crippen LogP contribution in [-0.2, 0) is 6.54 Å². The number of aliphatic hydroxyl groups is 1. The molecule has 2 N–H and O–H groups in total. The summed E-state index contributed by atoms with van der Waals surface area (Å²) in [5.41, 5.74) is 0.407. The number of piperidine rings is 1. The molecule has 0 bridgehead atoms. The maximum Gasteiger partial charge on any atom is 0.317 e. The summed E-state index contributed by atoms with van der Waals surface area (Å²) in [4.78, 5) is 13.9. The number of rotatable bonds is 4. The molecule has 1 fully saturated rings. The van der Waals surface area contributed by atoms with E-state index in [1.54, 1.807) is 11.0 Å². The molecular weight excluding hydrogens is 287 g/mol. The minimum atomic E-state index is -0.394. The summed E-state index contributed by atoms with van der Waals surface area (Å²) in [6.45, 7) is 3.48. The molecule has 1 aliphatic heterocycles. The maximum absolute atomic E-state index is 13.4. The highest BCUT2D eigenvalue weighted by molar-refractivity contribution is 5.74. The molecule has 2 amide bonds. The Kier molecular flexibility index (Phi) is 5.24. The Balaban J connectivity index is 1.94. The molecule has 1 aromatic rings. The van der Waals surface area contributed by atoms with Gasteiger partial charge in [-0.15, -0.1) is 0 Å². The minimum Gasteiger partial charge on any atom is -0.497 e. The highest BCUT2D eigenvalue weighted by Crippen LogP contribution is 2.28. The molecule has 1 heterocycles. The third-order valence-electron chi connectivity index (χ3n) is 4.06. The molecule has 22 heavy (non-hydrogen) atoms. The lowest BCUT2D eigenvalue weighted by Gasteiger charge is -2.39. The number of benzene rings is 1. The van der Waals surface area contributed by atoms with Crippen molar-refractivity contribution in [1.29, 1.82) is 0 Å². The van der Waals surface area contributed by atoms with Gasteiger partial charge < -0.3 is 20.1 Å². The second kappa shape index (κ2) is 6.96. The van der Waals surface area contributed by atoms with Gasteiger partial charge in [0.05, 0.1) is 13.7 Å². The largest absolute Gasteiger partial charge is 0.497 e. The van der Waals surface area contributed by atoms with Crippen LogP contribution in [-0.4, -0.2) is 42.8 Å². The van der Waals surface area contributed by atoms with Crippen molar-refractivity contribution in [1.82, 2.24) is 10.2 Å². The zero-order valence-electron chi connectivity index (χ0n) is 13.1. The molecule has 0 spiro atoms. The Labute approximate surface area is 130 Å². The van der Waals surface area contributed by atoms with Crippen molar-refractivity contribution in [2.45, 2.75) is 26.3 Å². The number of nitrogens with one attached hydrogen (secondary N) is 1. The van der Waals surface area contributed by atoms with Crippen molar-refractivity contribution in [2.75, 3.05) is 26.8 Å². The summed E-state index contributed by atoms with van der Waals surface area (Å²) in [6.07, 6.45) is 1.78. The van der Waals surface area contributed by atoms with Gasteiger partial charge in [-0.1, -0.05) is 6.92 Å². The first-order chi connectivity index (χ1) is 10.5. The van der Waals surface area contributed by atoms with Crippen LogP contribution in [0.3, 0.4) is 0 Å². The van der Waals surface area contributed by atoms with Crippen molar-refractivity contribution in [3.05, 3.63) is 29.6 Å². The summed E-state index contributed by atoms with van der Waals surface area (Å²) in [6, 6.07) is 4.17.